The van der Waals surface area contributed by atoms with Gasteiger partial charge in [0.2, 0.25) is 6.10 Å². The second-order valence-corrected chi connectivity index (χ2v) is 6.38. The van der Waals surface area contributed by atoms with Crippen molar-refractivity contribution in [3.63, 3.8) is 0 Å². The minimum Gasteiger partial charge on any atom is -0.493 e. The summed E-state index contributed by atoms with van der Waals surface area (Å²) in [6.45, 7) is 0. The van der Waals surface area contributed by atoms with Gasteiger partial charge in [-0.3, -0.25) is 10.1 Å². The van der Waals surface area contributed by atoms with E-state index >= 15 is 0 Å². The summed E-state index contributed by atoms with van der Waals surface area (Å²) in [7, 11) is 4.54. The largest absolute Gasteiger partial charge is 0.493 e. The van der Waals surface area contributed by atoms with Gasteiger partial charge in [0.05, 0.1) is 26.3 Å². The number of nitrogens with zero attached hydrogens (tertiary/aromatic N) is 1. The summed E-state index contributed by atoms with van der Waals surface area (Å²) < 4.78 is 22.6. The van der Waals surface area contributed by atoms with E-state index in [1.54, 1.807) is 30.3 Å². The molecule has 0 radical (unpaired) electrons. The highest BCUT2D eigenvalue weighted by atomic mass is 79.9. The maximum Gasteiger partial charge on any atom is 0.291 e. The number of halogens is 1. The number of ether oxygens (including phenoxy) is 4. The van der Waals surface area contributed by atoms with Crippen LogP contribution in [0.15, 0.2) is 40.5 Å². The number of benzene rings is 2. The first kappa shape index (κ1) is 18.1. The van der Waals surface area contributed by atoms with Crippen molar-refractivity contribution in [3.05, 3.63) is 61.7 Å². The van der Waals surface area contributed by atoms with Crippen molar-refractivity contribution in [2.75, 3.05) is 21.3 Å². The molecule has 0 saturated heterocycles. The number of rotatable bonds is 5. The van der Waals surface area contributed by atoms with Gasteiger partial charge in [-0.2, -0.15) is 0 Å². The van der Waals surface area contributed by atoms with E-state index < -0.39 is 11.0 Å². The Morgan fingerprint density at radius 2 is 1.73 bits per heavy atom. The molecule has 0 bridgehead atoms. The van der Waals surface area contributed by atoms with E-state index in [2.05, 4.69) is 15.9 Å². The Balaban J connectivity index is 2.13. The van der Waals surface area contributed by atoms with Crippen molar-refractivity contribution in [2.45, 2.75) is 6.10 Å². The first-order valence-electron chi connectivity index (χ1n) is 7.60. The predicted octanol–water partition coefficient (Wildman–Crippen LogP) is 4.23. The number of hydrogen-bond acceptors (Lipinski definition) is 6. The van der Waals surface area contributed by atoms with Crippen LogP contribution in [-0.2, 0) is 0 Å². The van der Waals surface area contributed by atoms with Gasteiger partial charge in [-0.05, 0) is 24.3 Å². The average molecular weight is 422 g/mol. The van der Waals surface area contributed by atoms with Crippen molar-refractivity contribution in [3.8, 4) is 23.0 Å². The third-order valence-electron chi connectivity index (χ3n) is 4.00. The van der Waals surface area contributed by atoms with Gasteiger partial charge >= 0.3 is 0 Å². The summed E-state index contributed by atoms with van der Waals surface area (Å²) in [5.41, 5.74) is 1.06. The summed E-state index contributed by atoms with van der Waals surface area (Å²) in [6.07, 6.45) is 0.584. The van der Waals surface area contributed by atoms with Gasteiger partial charge in [0.15, 0.2) is 23.0 Å². The molecule has 1 aliphatic heterocycles. The molecule has 0 unspecified atom stereocenters. The zero-order chi connectivity index (χ0) is 18.8. The molecule has 2 aromatic rings. The standard InChI is InChI=1S/C18H16BrNO6/c1-23-14-5-4-10(8-15(14)24-2)17-13(20(21)22)7-11-6-12(19)9-16(25-3)18(11)26-17/h4-9,17H,1-3H3/t17-/m0/s1. The third kappa shape index (κ3) is 3.20. The fourth-order valence-corrected chi connectivity index (χ4v) is 3.24. The molecule has 0 aromatic heterocycles. The molecule has 136 valence electrons. The van der Waals surface area contributed by atoms with Crippen LogP contribution in [0, 0.1) is 10.1 Å². The monoisotopic (exact) mass is 421 g/mol. The van der Waals surface area contributed by atoms with Crippen molar-refractivity contribution in [1.82, 2.24) is 0 Å². The van der Waals surface area contributed by atoms with Gasteiger partial charge in [0.25, 0.3) is 5.70 Å². The first-order valence-corrected chi connectivity index (χ1v) is 8.40. The van der Waals surface area contributed by atoms with Gasteiger partial charge in [0.1, 0.15) is 0 Å². The molecule has 0 fully saturated rings. The van der Waals surface area contributed by atoms with E-state index in [4.69, 9.17) is 18.9 Å². The molecule has 26 heavy (non-hydrogen) atoms. The van der Waals surface area contributed by atoms with Crippen LogP contribution in [0.4, 0.5) is 0 Å². The van der Waals surface area contributed by atoms with E-state index in [-0.39, 0.29) is 5.70 Å². The maximum absolute atomic E-state index is 11.6. The Kier molecular flexibility index (Phi) is 5.03. The predicted molar refractivity (Wildman–Crippen MR) is 98.6 cm³/mol. The van der Waals surface area contributed by atoms with E-state index in [1.165, 1.54) is 27.4 Å². The van der Waals surface area contributed by atoms with Crippen molar-refractivity contribution in [1.29, 1.82) is 0 Å². The molecule has 1 aliphatic rings. The Morgan fingerprint density at radius 1 is 1.04 bits per heavy atom. The van der Waals surface area contributed by atoms with Gasteiger partial charge < -0.3 is 18.9 Å². The maximum atomic E-state index is 11.6. The molecule has 0 amide bonds. The van der Waals surface area contributed by atoms with Crippen molar-refractivity contribution >= 4 is 22.0 Å². The first-order chi connectivity index (χ1) is 12.5. The highest BCUT2D eigenvalue weighted by molar-refractivity contribution is 9.10. The van der Waals surface area contributed by atoms with Crippen LogP contribution in [-0.4, -0.2) is 26.3 Å². The lowest BCUT2D eigenvalue weighted by Crippen LogP contribution is -2.20. The molecular formula is C18H16BrNO6. The molecule has 0 N–H and O–H groups in total. The van der Waals surface area contributed by atoms with Crippen molar-refractivity contribution in [2.24, 2.45) is 0 Å². The number of hydrogen-bond donors (Lipinski definition) is 0. The Hall–Kier alpha value is -2.74. The lowest BCUT2D eigenvalue weighted by Gasteiger charge is -2.25. The lowest BCUT2D eigenvalue weighted by atomic mass is 10.00. The minimum atomic E-state index is -0.910. The summed E-state index contributed by atoms with van der Waals surface area (Å²) in [4.78, 5) is 11.2. The fourth-order valence-electron chi connectivity index (χ4n) is 2.79. The quantitative estimate of drug-likeness (QED) is 0.530. The smallest absolute Gasteiger partial charge is 0.291 e. The summed E-state index contributed by atoms with van der Waals surface area (Å²) in [6, 6.07) is 8.54. The molecule has 1 atom stereocenters. The number of nitro groups is 1. The SMILES string of the molecule is COc1ccc([C@@H]2Oc3c(cc(Br)cc3OC)C=C2[N+](=O)[O-])cc1OC. The highest BCUT2D eigenvalue weighted by Crippen LogP contribution is 2.45. The molecule has 0 saturated carbocycles. The van der Waals surface area contributed by atoms with Crippen LogP contribution in [0.2, 0.25) is 0 Å². The number of methoxy groups -OCH3 is 3. The highest BCUT2D eigenvalue weighted by Gasteiger charge is 2.35. The molecule has 8 heteroatoms. The van der Waals surface area contributed by atoms with Gasteiger partial charge in [-0.15, -0.1) is 0 Å². The molecule has 2 aromatic carbocycles. The second kappa shape index (κ2) is 7.25. The minimum absolute atomic E-state index is 0.0788. The number of fused-ring (bicyclic) bond motifs is 1. The molecular weight excluding hydrogens is 406 g/mol. The normalized spacial score (nSPS) is 15.4. The van der Waals surface area contributed by atoms with Gasteiger partial charge in [-0.25, -0.2) is 0 Å². The Labute approximate surface area is 158 Å². The molecule has 0 spiro atoms. The summed E-state index contributed by atoms with van der Waals surface area (Å²) >= 11 is 3.37. The summed E-state index contributed by atoms with van der Waals surface area (Å²) in [5.74, 6) is 1.92. The van der Waals surface area contributed by atoms with Crippen LogP contribution in [0.1, 0.15) is 17.2 Å². The van der Waals surface area contributed by atoms with E-state index in [0.717, 1.165) is 4.47 Å². The third-order valence-corrected chi connectivity index (χ3v) is 4.45. The zero-order valence-corrected chi connectivity index (χ0v) is 15.9. The topological polar surface area (TPSA) is 80.1 Å². The Morgan fingerprint density at radius 3 is 2.35 bits per heavy atom. The molecule has 1 heterocycles. The van der Waals surface area contributed by atoms with Crippen molar-refractivity contribution < 1.29 is 23.9 Å². The van der Waals surface area contributed by atoms with Crippen LogP contribution in [0.5, 0.6) is 23.0 Å². The summed E-state index contributed by atoms with van der Waals surface area (Å²) in [5, 5.41) is 11.6. The fraction of sp³-hybridized carbons (Fsp3) is 0.222. The molecule has 7 nitrogen and oxygen atoms in total. The van der Waals surface area contributed by atoms with E-state index in [9.17, 15) is 10.1 Å². The molecule has 0 aliphatic carbocycles. The van der Waals surface area contributed by atoms with Crippen LogP contribution < -0.4 is 18.9 Å². The van der Waals surface area contributed by atoms with Gasteiger partial charge in [-0.1, -0.05) is 22.0 Å². The van der Waals surface area contributed by atoms with Crippen LogP contribution >= 0.6 is 15.9 Å². The molecule has 3 rings (SSSR count). The van der Waals surface area contributed by atoms with Gasteiger partial charge in [0, 0.05) is 21.7 Å². The Bertz CT molecular complexity index is 895. The average Bonchev–Trinajstić information content (AvgIpc) is 2.65. The van der Waals surface area contributed by atoms with Crippen LogP contribution in [0.25, 0.3) is 6.08 Å². The lowest BCUT2D eigenvalue weighted by molar-refractivity contribution is -0.434. The second-order valence-electron chi connectivity index (χ2n) is 5.47. The van der Waals surface area contributed by atoms with Crippen LogP contribution in [0.3, 0.4) is 0 Å². The zero-order valence-electron chi connectivity index (χ0n) is 14.3. The van der Waals surface area contributed by atoms with E-state index in [0.29, 0.717) is 34.1 Å². The van der Waals surface area contributed by atoms with E-state index in [1.807, 2.05) is 0 Å².